The van der Waals surface area contributed by atoms with Gasteiger partial charge in [0.05, 0.1) is 6.42 Å². The van der Waals surface area contributed by atoms with Crippen LogP contribution in [0.25, 0.3) is 0 Å². The van der Waals surface area contributed by atoms with Crippen LogP contribution in [0.5, 0.6) is 0 Å². The van der Waals surface area contributed by atoms with Crippen molar-refractivity contribution in [3.05, 3.63) is 29.8 Å². The zero-order valence-corrected chi connectivity index (χ0v) is 13.0. The van der Waals surface area contributed by atoms with Crippen molar-refractivity contribution in [1.82, 2.24) is 4.90 Å². The fourth-order valence-corrected chi connectivity index (χ4v) is 2.13. The highest BCUT2D eigenvalue weighted by Gasteiger charge is 2.13. The number of nitrogens with zero attached hydrogens (tertiary/aromatic N) is 1. The largest absolute Gasteiger partial charge is 0.481 e. The van der Waals surface area contributed by atoms with Crippen molar-refractivity contribution in [3.63, 3.8) is 0 Å². The molecule has 0 saturated carbocycles. The molecule has 0 spiro atoms. The van der Waals surface area contributed by atoms with E-state index in [1.165, 1.54) is 0 Å². The maximum Gasteiger partial charge on any atom is 0.307 e. The number of hydrogen-bond donors (Lipinski definition) is 2. The molecular weight excluding hydrogens is 284 g/mol. The summed E-state index contributed by atoms with van der Waals surface area (Å²) in [7, 11) is 0. The van der Waals surface area contributed by atoms with Gasteiger partial charge in [0.2, 0.25) is 11.8 Å². The van der Waals surface area contributed by atoms with Gasteiger partial charge in [0.15, 0.2) is 0 Å². The molecule has 0 aliphatic rings. The summed E-state index contributed by atoms with van der Waals surface area (Å²) in [6, 6.07) is 6.76. The first-order chi connectivity index (χ1) is 10.5. The average Bonchev–Trinajstić information content (AvgIpc) is 2.48. The van der Waals surface area contributed by atoms with Gasteiger partial charge in [-0.05, 0) is 25.5 Å². The summed E-state index contributed by atoms with van der Waals surface area (Å²) in [5, 5.41) is 11.5. The van der Waals surface area contributed by atoms with Crippen molar-refractivity contribution in [2.45, 2.75) is 33.1 Å². The molecule has 0 aliphatic heterocycles. The van der Waals surface area contributed by atoms with Crippen molar-refractivity contribution in [2.24, 2.45) is 0 Å². The fourth-order valence-electron chi connectivity index (χ4n) is 2.13. The SMILES string of the molecule is CCN(CC)C(=O)CCC(=O)Nc1ccccc1CC(=O)O. The lowest BCUT2D eigenvalue weighted by Crippen LogP contribution is -2.31. The molecule has 0 unspecified atom stereocenters. The van der Waals surface area contributed by atoms with Gasteiger partial charge in [0.1, 0.15) is 0 Å². The zero-order valence-electron chi connectivity index (χ0n) is 13.0. The summed E-state index contributed by atoms with van der Waals surface area (Å²) in [6.45, 7) is 5.03. The second kappa shape index (κ2) is 8.81. The highest BCUT2D eigenvalue weighted by molar-refractivity contribution is 5.94. The molecular formula is C16H22N2O4. The third kappa shape index (κ3) is 5.55. The van der Waals surface area contributed by atoms with Crippen LogP contribution in [0.2, 0.25) is 0 Å². The van der Waals surface area contributed by atoms with E-state index in [9.17, 15) is 14.4 Å². The van der Waals surface area contributed by atoms with E-state index < -0.39 is 5.97 Å². The Kier molecular flexibility index (Phi) is 7.08. The molecule has 1 aromatic carbocycles. The van der Waals surface area contributed by atoms with Gasteiger partial charge in [-0.25, -0.2) is 0 Å². The Morgan fingerprint density at radius 1 is 1.09 bits per heavy atom. The predicted molar refractivity (Wildman–Crippen MR) is 83.6 cm³/mol. The molecule has 0 atom stereocenters. The summed E-state index contributed by atoms with van der Waals surface area (Å²) in [5.74, 6) is -1.31. The molecule has 22 heavy (non-hydrogen) atoms. The number of carbonyl (C=O) groups excluding carboxylic acids is 2. The number of para-hydroxylation sites is 1. The molecule has 0 heterocycles. The van der Waals surface area contributed by atoms with Crippen LogP contribution >= 0.6 is 0 Å². The van der Waals surface area contributed by atoms with Crippen LogP contribution in [0.3, 0.4) is 0 Å². The van der Waals surface area contributed by atoms with Gasteiger partial charge in [-0.1, -0.05) is 18.2 Å². The number of aliphatic carboxylic acids is 1. The summed E-state index contributed by atoms with van der Waals surface area (Å²) >= 11 is 0. The first-order valence-corrected chi connectivity index (χ1v) is 7.35. The molecule has 0 aliphatic carbocycles. The average molecular weight is 306 g/mol. The maximum absolute atomic E-state index is 11.9. The number of carboxylic acid groups (broad SMARTS) is 1. The molecule has 2 amide bonds. The van der Waals surface area contributed by atoms with Gasteiger partial charge in [-0.15, -0.1) is 0 Å². The monoisotopic (exact) mass is 306 g/mol. The Hall–Kier alpha value is -2.37. The number of hydrogen-bond acceptors (Lipinski definition) is 3. The summed E-state index contributed by atoms with van der Waals surface area (Å²) in [5.41, 5.74) is 1.02. The molecule has 2 N–H and O–H groups in total. The minimum Gasteiger partial charge on any atom is -0.481 e. The normalized spacial score (nSPS) is 10.1. The summed E-state index contributed by atoms with van der Waals surface area (Å²) in [4.78, 5) is 36.2. The number of carbonyl (C=O) groups is 3. The highest BCUT2D eigenvalue weighted by Crippen LogP contribution is 2.16. The van der Waals surface area contributed by atoms with Crippen molar-refractivity contribution in [3.8, 4) is 0 Å². The topological polar surface area (TPSA) is 86.7 Å². The third-order valence-corrected chi connectivity index (χ3v) is 3.32. The first kappa shape index (κ1) is 17.7. The lowest BCUT2D eigenvalue weighted by Gasteiger charge is -2.18. The number of nitrogens with one attached hydrogen (secondary N) is 1. The Bertz CT molecular complexity index is 539. The third-order valence-electron chi connectivity index (χ3n) is 3.32. The van der Waals surface area contributed by atoms with Crippen molar-refractivity contribution in [1.29, 1.82) is 0 Å². The molecule has 0 radical (unpaired) electrons. The van der Waals surface area contributed by atoms with E-state index in [-0.39, 0.29) is 31.1 Å². The summed E-state index contributed by atoms with van der Waals surface area (Å²) in [6.07, 6.45) is 0.0696. The minimum absolute atomic E-state index is 0.0565. The molecule has 0 bridgehead atoms. The van der Waals surface area contributed by atoms with Crippen LogP contribution < -0.4 is 5.32 Å². The molecule has 6 nitrogen and oxygen atoms in total. The molecule has 0 fully saturated rings. The number of anilines is 1. The van der Waals surface area contributed by atoms with Crippen molar-refractivity contribution >= 4 is 23.5 Å². The number of carboxylic acids is 1. The lowest BCUT2D eigenvalue weighted by atomic mass is 10.1. The standard InChI is InChI=1S/C16H22N2O4/c1-3-18(4-2)15(20)10-9-14(19)17-13-8-6-5-7-12(13)11-16(21)22/h5-8H,3-4,9-11H2,1-2H3,(H,17,19)(H,21,22). The van der Waals surface area contributed by atoms with Gasteiger partial charge in [0, 0.05) is 31.6 Å². The van der Waals surface area contributed by atoms with Crippen molar-refractivity contribution in [2.75, 3.05) is 18.4 Å². The predicted octanol–water partition coefficient (Wildman–Crippen LogP) is 1.90. The maximum atomic E-state index is 11.9. The second-order valence-electron chi connectivity index (χ2n) is 4.84. The van der Waals surface area contributed by atoms with E-state index in [1.807, 2.05) is 13.8 Å². The Labute approximate surface area is 130 Å². The summed E-state index contributed by atoms with van der Waals surface area (Å²) < 4.78 is 0. The number of benzene rings is 1. The van der Waals surface area contributed by atoms with Crippen LogP contribution in [0.15, 0.2) is 24.3 Å². The highest BCUT2D eigenvalue weighted by atomic mass is 16.4. The Morgan fingerprint density at radius 3 is 2.32 bits per heavy atom. The molecule has 0 saturated heterocycles. The van der Waals surface area contributed by atoms with Gasteiger partial charge >= 0.3 is 5.97 Å². The van der Waals surface area contributed by atoms with Crippen LogP contribution in [0.4, 0.5) is 5.69 Å². The van der Waals surface area contributed by atoms with E-state index in [4.69, 9.17) is 5.11 Å². The molecule has 1 aromatic rings. The fraction of sp³-hybridized carbons (Fsp3) is 0.438. The Balaban J connectivity index is 2.59. The molecule has 1 rings (SSSR count). The van der Waals surface area contributed by atoms with E-state index in [0.29, 0.717) is 24.3 Å². The van der Waals surface area contributed by atoms with Gasteiger partial charge in [-0.2, -0.15) is 0 Å². The lowest BCUT2D eigenvalue weighted by molar-refractivity contribution is -0.136. The number of rotatable bonds is 8. The Morgan fingerprint density at radius 2 is 1.73 bits per heavy atom. The minimum atomic E-state index is -0.960. The van der Waals surface area contributed by atoms with Crippen LogP contribution in [-0.2, 0) is 20.8 Å². The quantitative estimate of drug-likeness (QED) is 0.768. The van der Waals surface area contributed by atoms with E-state index in [1.54, 1.807) is 29.2 Å². The van der Waals surface area contributed by atoms with Gasteiger partial charge in [-0.3, -0.25) is 14.4 Å². The smallest absolute Gasteiger partial charge is 0.307 e. The molecule has 6 heteroatoms. The van der Waals surface area contributed by atoms with E-state index in [0.717, 1.165) is 0 Å². The zero-order chi connectivity index (χ0) is 16.5. The molecule has 120 valence electrons. The number of amides is 2. The van der Waals surface area contributed by atoms with Crippen LogP contribution in [-0.4, -0.2) is 40.9 Å². The van der Waals surface area contributed by atoms with Gasteiger partial charge < -0.3 is 15.3 Å². The second-order valence-corrected chi connectivity index (χ2v) is 4.84. The first-order valence-electron chi connectivity index (χ1n) is 7.35. The van der Waals surface area contributed by atoms with Gasteiger partial charge in [0.25, 0.3) is 0 Å². The van der Waals surface area contributed by atoms with E-state index >= 15 is 0 Å². The van der Waals surface area contributed by atoms with E-state index in [2.05, 4.69) is 5.32 Å². The van der Waals surface area contributed by atoms with Crippen LogP contribution in [0, 0.1) is 0 Å². The van der Waals surface area contributed by atoms with Crippen molar-refractivity contribution < 1.29 is 19.5 Å². The molecule has 0 aromatic heterocycles. The van der Waals surface area contributed by atoms with Crippen LogP contribution in [0.1, 0.15) is 32.3 Å².